The van der Waals surface area contributed by atoms with Crippen LogP contribution >= 0.6 is 0 Å². The summed E-state index contributed by atoms with van der Waals surface area (Å²) in [5.74, 6) is -1.96. The number of carbonyl (C=O) groups excluding carboxylic acids is 4. The van der Waals surface area contributed by atoms with Crippen LogP contribution in [0.1, 0.15) is 24.0 Å². The van der Waals surface area contributed by atoms with Crippen LogP contribution in [0, 0.1) is 0 Å². The smallest absolute Gasteiger partial charge is 0.325 e. The Morgan fingerprint density at radius 3 is 1.78 bits per heavy atom. The van der Waals surface area contributed by atoms with E-state index < -0.39 is 59.4 Å². The van der Waals surface area contributed by atoms with Crippen molar-refractivity contribution < 1.29 is 45.5 Å². The van der Waals surface area contributed by atoms with Gasteiger partial charge >= 0.3 is 24.4 Å². The van der Waals surface area contributed by atoms with E-state index in [-0.39, 0.29) is 24.5 Å². The largest absolute Gasteiger partial charge is 0.416 e. The Labute approximate surface area is 228 Å². The van der Waals surface area contributed by atoms with Crippen LogP contribution in [0.2, 0.25) is 0 Å². The van der Waals surface area contributed by atoms with Crippen molar-refractivity contribution >= 4 is 35.5 Å². The van der Waals surface area contributed by atoms with Crippen LogP contribution in [0.3, 0.4) is 0 Å². The Bertz CT molecular complexity index is 1380. The fourth-order valence-corrected chi connectivity index (χ4v) is 3.84. The molecule has 0 radical (unpaired) electrons. The molecule has 218 valence electrons. The first-order chi connectivity index (χ1) is 19.1. The molecule has 2 aromatic heterocycles. The second kappa shape index (κ2) is 11.8. The summed E-state index contributed by atoms with van der Waals surface area (Å²) in [6.45, 7) is 6.93. The van der Waals surface area contributed by atoms with Gasteiger partial charge < -0.3 is 10.2 Å². The van der Waals surface area contributed by atoms with E-state index in [9.17, 15) is 45.5 Å². The highest BCUT2D eigenvalue weighted by Crippen LogP contribution is 2.33. The van der Waals surface area contributed by atoms with Crippen LogP contribution in [0.5, 0.6) is 0 Å². The van der Waals surface area contributed by atoms with E-state index in [0.29, 0.717) is 21.9 Å². The number of halogens is 6. The maximum atomic E-state index is 12.7. The Hall–Kier alpha value is -4.76. The van der Waals surface area contributed by atoms with Gasteiger partial charge in [0.1, 0.15) is 23.7 Å². The SMILES string of the molecule is C=CCC1C(=O)N(c2cc(C(F)(F)F)ccn2)C(=O)N1C.C=CCC1NC(=O)N(c2cc(C(F)(F)F)ccn2)C1=O. The fourth-order valence-electron chi connectivity index (χ4n) is 3.84. The van der Waals surface area contributed by atoms with Crippen molar-refractivity contribution in [1.29, 1.82) is 0 Å². The zero-order chi connectivity index (χ0) is 30.7. The molecule has 0 bridgehead atoms. The maximum absolute atomic E-state index is 12.7. The van der Waals surface area contributed by atoms with Gasteiger partial charge in [0.05, 0.1) is 11.1 Å². The Morgan fingerprint density at radius 2 is 1.32 bits per heavy atom. The van der Waals surface area contributed by atoms with Gasteiger partial charge in [-0.1, -0.05) is 12.2 Å². The van der Waals surface area contributed by atoms with Crippen molar-refractivity contribution in [1.82, 2.24) is 20.2 Å². The summed E-state index contributed by atoms with van der Waals surface area (Å²) in [6, 6.07) is -0.217. The van der Waals surface area contributed by atoms with Crippen LogP contribution in [0.25, 0.3) is 0 Å². The minimum absolute atomic E-state index is 0.194. The molecule has 1 N–H and O–H groups in total. The molecular weight excluding hydrogens is 562 g/mol. The first-order valence-electron chi connectivity index (χ1n) is 11.6. The molecule has 2 aliphatic rings. The molecule has 4 heterocycles. The number of nitrogens with one attached hydrogen (secondary N) is 1. The fraction of sp³-hybridized carbons (Fsp3) is 0.280. The number of nitrogens with zero attached hydrogens (tertiary/aromatic N) is 5. The lowest BCUT2D eigenvalue weighted by Crippen LogP contribution is -2.32. The molecule has 0 aliphatic carbocycles. The number of amides is 6. The number of likely N-dealkylation sites (N-methyl/N-ethyl adjacent to an activating group) is 1. The van der Waals surface area contributed by atoms with Gasteiger partial charge in [-0.2, -0.15) is 26.3 Å². The number of carbonyl (C=O) groups is 4. The molecule has 6 amide bonds. The van der Waals surface area contributed by atoms with Gasteiger partial charge in [0, 0.05) is 19.4 Å². The summed E-state index contributed by atoms with van der Waals surface area (Å²) in [7, 11) is 1.40. The van der Waals surface area contributed by atoms with Crippen LogP contribution in [-0.2, 0) is 21.9 Å². The highest BCUT2D eigenvalue weighted by Gasteiger charge is 2.44. The van der Waals surface area contributed by atoms with Gasteiger partial charge in [0.15, 0.2) is 0 Å². The molecule has 0 spiro atoms. The third kappa shape index (κ3) is 6.53. The maximum Gasteiger partial charge on any atom is 0.416 e. The Morgan fingerprint density at radius 1 is 0.829 bits per heavy atom. The van der Waals surface area contributed by atoms with Crippen molar-refractivity contribution in [3.8, 4) is 0 Å². The summed E-state index contributed by atoms with van der Waals surface area (Å²) in [6.07, 6.45) is -4.01. The number of alkyl halides is 6. The molecule has 2 saturated heterocycles. The first-order valence-corrected chi connectivity index (χ1v) is 11.6. The number of aromatic nitrogens is 2. The van der Waals surface area contributed by atoms with Crippen molar-refractivity contribution in [3.05, 3.63) is 73.1 Å². The van der Waals surface area contributed by atoms with Crippen LogP contribution in [-0.4, -0.2) is 57.9 Å². The topological polar surface area (TPSA) is 116 Å². The number of rotatable bonds is 6. The van der Waals surface area contributed by atoms with Gasteiger partial charge in [-0.3, -0.25) is 9.59 Å². The quantitative estimate of drug-likeness (QED) is 0.303. The molecule has 0 aromatic carbocycles. The van der Waals surface area contributed by atoms with Gasteiger partial charge in [0.25, 0.3) is 11.8 Å². The van der Waals surface area contributed by atoms with Gasteiger partial charge in [0.2, 0.25) is 0 Å². The predicted octanol–water partition coefficient (Wildman–Crippen LogP) is 4.54. The summed E-state index contributed by atoms with van der Waals surface area (Å²) in [5, 5.41) is 2.36. The summed E-state index contributed by atoms with van der Waals surface area (Å²) in [5.41, 5.74) is -1.95. The molecule has 4 rings (SSSR count). The van der Waals surface area contributed by atoms with Gasteiger partial charge in [-0.25, -0.2) is 29.4 Å². The van der Waals surface area contributed by atoms with Crippen LogP contribution < -0.4 is 15.1 Å². The minimum atomic E-state index is -4.57. The second-order valence-corrected chi connectivity index (χ2v) is 8.61. The summed E-state index contributed by atoms with van der Waals surface area (Å²) >= 11 is 0. The van der Waals surface area contributed by atoms with E-state index in [1.165, 1.54) is 19.2 Å². The third-order valence-corrected chi connectivity index (χ3v) is 5.88. The zero-order valence-electron chi connectivity index (χ0n) is 21.2. The third-order valence-electron chi connectivity index (χ3n) is 5.88. The minimum Gasteiger partial charge on any atom is -0.325 e. The number of anilines is 2. The molecule has 2 atom stereocenters. The first kappa shape index (κ1) is 30.8. The summed E-state index contributed by atoms with van der Waals surface area (Å²) in [4.78, 5) is 57.6. The summed E-state index contributed by atoms with van der Waals surface area (Å²) < 4.78 is 75.9. The average molecular weight is 584 g/mol. The van der Waals surface area contributed by atoms with E-state index in [1.807, 2.05) is 0 Å². The molecule has 16 heteroatoms. The number of hydrogen-bond acceptors (Lipinski definition) is 6. The average Bonchev–Trinajstić information content (AvgIpc) is 3.30. The molecule has 2 aliphatic heterocycles. The highest BCUT2D eigenvalue weighted by atomic mass is 19.4. The van der Waals surface area contributed by atoms with Crippen molar-refractivity contribution in [3.63, 3.8) is 0 Å². The van der Waals surface area contributed by atoms with Gasteiger partial charge in [-0.15, -0.1) is 13.2 Å². The van der Waals surface area contributed by atoms with Crippen molar-refractivity contribution in [2.75, 3.05) is 16.8 Å². The van der Waals surface area contributed by atoms with Crippen LogP contribution in [0.15, 0.2) is 62.0 Å². The van der Waals surface area contributed by atoms with Gasteiger partial charge in [-0.05, 0) is 37.1 Å². The van der Waals surface area contributed by atoms with Crippen molar-refractivity contribution in [2.45, 2.75) is 37.3 Å². The number of hydrogen-bond donors (Lipinski definition) is 1. The number of pyridine rings is 2. The molecule has 2 unspecified atom stereocenters. The molecule has 10 nitrogen and oxygen atoms in total. The lowest BCUT2D eigenvalue weighted by Gasteiger charge is -2.14. The molecule has 41 heavy (non-hydrogen) atoms. The number of urea groups is 2. The van der Waals surface area contributed by atoms with E-state index in [1.54, 1.807) is 0 Å². The standard InChI is InChI=1S/C13H12F3N3O2.C12H10F3N3O2/c1-3-4-9-11(20)19(12(21)18(9)2)10-7-8(5-6-17-10)13(14,15)16;1-2-3-8-10(19)18(11(20)17-8)9-6-7(4-5-16-9)12(13,14)15/h3,5-7,9H,1,4H2,2H3;2,4-6,8H,1,3H2,(H,17,20). The second-order valence-electron chi connectivity index (χ2n) is 8.61. The monoisotopic (exact) mass is 584 g/mol. The van der Waals surface area contributed by atoms with Crippen molar-refractivity contribution in [2.24, 2.45) is 0 Å². The zero-order valence-corrected chi connectivity index (χ0v) is 21.2. The van der Waals surface area contributed by atoms with E-state index in [2.05, 4.69) is 28.4 Å². The Kier molecular flexibility index (Phi) is 8.84. The molecule has 0 saturated carbocycles. The predicted molar refractivity (Wildman–Crippen MR) is 132 cm³/mol. The lowest BCUT2D eigenvalue weighted by molar-refractivity contribution is -0.138. The van der Waals surface area contributed by atoms with E-state index in [4.69, 9.17) is 0 Å². The highest BCUT2D eigenvalue weighted by molar-refractivity contribution is 6.21. The lowest BCUT2D eigenvalue weighted by atomic mass is 10.2. The van der Waals surface area contributed by atoms with E-state index in [0.717, 1.165) is 29.4 Å². The normalized spacial score (nSPS) is 19.2. The van der Waals surface area contributed by atoms with Crippen LogP contribution in [0.4, 0.5) is 47.6 Å². The molecule has 2 fully saturated rings. The Balaban J connectivity index is 0.000000226. The number of imide groups is 2. The molecular formula is C25H22F6N6O4. The molecule has 2 aromatic rings. The van der Waals surface area contributed by atoms with E-state index >= 15 is 0 Å².